The number of rotatable bonds is 7. The second-order valence-corrected chi connectivity index (χ2v) is 9.61. The van der Waals surface area contributed by atoms with Gasteiger partial charge in [0.25, 0.3) is 5.91 Å². The van der Waals surface area contributed by atoms with Gasteiger partial charge in [0, 0.05) is 24.2 Å². The number of nitrogens with two attached hydrogens (primary N) is 1. The minimum atomic E-state index is -3.82. The highest BCUT2D eigenvalue weighted by Crippen LogP contribution is 2.30. The molecule has 0 fully saturated rings. The van der Waals surface area contributed by atoms with E-state index < -0.39 is 28.5 Å². The van der Waals surface area contributed by atoms with Crippen molar-refractivity contribution in [2.24, 2.45) is 5.14 Å². The molecule has 8 nitrogen and oxygen atoms in total. The highest BCUT2D eigenvalue weighted by molar-refractivity contribution is 7.89. The highest BCUT2D eigenvalue weighted by atomic mass is 32.2. The lowest BCUT2D eigenvalue weighted by Gasteiger charge is -2.17. The summed E-state index contributed by atoms with van der Waals surface area (Å²) in [5.74, 6) is -1.15. The first kappa shape index (κ1) is 22.2. The van der Waals surface area contributed by atoms with E-state index in [9.17, 15) is 22.8 Å². The molecule has 1 amide bonds. The first-order valence-corrected chi connectivity index (χ1v) is 12.0. The van der Waals surface area contributed by atoms with Gasteiger partial charge < -0.3 is 9.64 Å². The van der Waals surface area contributed by atoms with Crippen LogP contribution in [0.5, 0.6) is 0 Å². The Morgan fingerprint density at radius 2 is 1.72 bits per heavy atom. The van der Waals surface area contributed by atoms with Crippen molar-refractivity contribution >= 4 is 33.4 Å². The SMILES string of the molecule is NS(=O)(=O)c1ccc2c(c1)CCN2C(=O)COC(=O)CCC(=O)c1ccc2c(c1)CCC2. The van der Waals surface area contributed by atoms with Crippen LogP contribution < -0.4 is 10.0 Å². The normalized spacial score (nSPS) is 14.7. The van der Waals surface area contributed by atoms with E-state index in [4.69, 9.17) is 9.88 Å². The Kier molecular flexibility index (Phi) is 6.12. The van der Waals surface area contributed by atoms with Crippen LogP contribution in [0, 0.1) is 0 Å². The van der Waals surface area contributed by atoms with E-state index in [1.807, 2.05) is 12.1 Å². The minimum Gasteiger partial charge on any atom is -0.456 e. The number of esters is 1. The van der Waals surface area contributed by atoms with Crippen molar-refractivity contribution in [3.8, 4) is 0 Å². The summed E-state index contributed by atoms with van der Waals surface area (Å²) in [6, 6.07) is 10.0. The second kappa shape index (κ2) is 8.84. The van der Waals surface area contributed by atoms with Crippen LogP contribution in [0.3, 0.4) is 0 Å². The van der Waals surface area contributed by atoms with Crippen LogP contribution in [0.4, 0.5) is 5.69 Å². The summed E-state index contributed by atoms with van der Waals surface area (Å²) in [6.45, 7) is -0.0845. The molecule has 0 aromatic heterocycles. The van der Waals surface area contributed by atoms with Gasteiger partial charge in [-0.25, -0.2) is 13.6 Å². The molecule has 2 aliphatic rings. The van der Waals surface area contributed by atoms with Gasteiger partial charge in [-0.1, -0.05) is 12.1 Å². The van der Waals surface area contributed by atoms with Crippen LogP contribution in [0.2, 0.25) is 0 Å². The Balaban J connectivity index is 1.28. The van der Waals surface area contributed by atoms with Crippen molar-refractivity contribution in [3.63, 3.8) is 0 Å². The summed E-state index contributed by atoms with van der Waals surface area (Å²) in [7, 11) is -3.82. The van der Waals surface area contributed by atoms with Gasteiger partial charge in [0.15, 0.2) is 12.4 Å². The number of benzene rings is 2. The van der Waals surface area contributed by atoms with Gasteiger partial charge in [-0.15, -0.1) is 0 Å². The van der Waals surface area contributed by atoms with Crippen LogP contribution in [-0.2, 0) is 43.6 Å². The number of ether oxygens (including phenoxy) is 1. The number of hydrogen-bond acceptors (Lipinski definition) is 6. The molecular formula is C23H24N2O6S. The molecule has 32 heavy (non-hydrogen) atoms. The van der Waals surface area contributed by atoms with E-state index in [-0.39, 0.29) is 23.5 Å². The molecule has 1 heterocycles. The second-order valence-electron chi connectivity index (χ2n) is 8.05. The highest BCUT2D eigenvalue weighted by Gasteiger charge is 2.27. The van der Waals surface area contributed by atoms with E-state index in [0.29, 0.717) is 29.8 Å². The van der Waals surface area contributed by atoms with Gasteiger partial charge in [0.05, 0.1) is 11.3 Å². The van der Waals surface area contributed by atoms with Gasteiger partial charge in [-0.2, -0.15) is 0 Å². The molecule has 168 valence electrons. The Hall–Kier alpha value is -3.04. The molecule has 2 aromatic rings. The third-order valence-electron chi connectivity index (χ3n) is 5.91. The fraction of sp³-hybridized carbons (Fsp3) is 0.348. The predicted octanol–water partition coefficient (Wildman–Crippen LogP) is 1.92. The Bertz CT molecular complexity index is 1200. The van der Waals surface area contributed by atoms with Crippen molar-refractivity contribution in [3.05, 3.63) is 58.7 Å². The van der Waals surface area contributed by atoms with E-state index in [1.54, 1.807) is 6.07 Å². The molecule has 2 aromatic carbocycles. The zero-order valence-corrected chi connectivity index (χ0v) is 18.3. The smallest absolute Gasteiger partial charge is 0.306 e. The number of Topliss-reactive ketones (excluding diaryl/α,β-unsaturated/α-hetero) is 1. The zero-order chi connectivity index (χ0) is 22.9. The summed E-state index contributed by atoms with van der Waals surface area (Å²) < 4.78 is 28.1. The molecule has 9 heteroatoms. The van der Waals surface area contributed by atoms with E-state index in [0.717, 1.165) is 19.3 Å². The standard InChI is InChI=1S/C23H24N2O6S/c24-32(29,30)19-6-7-20-17(13-19)10-11-25(20)22(27)14-31-23(28)9-8-21(26)18-5-4-15-2-1-3-16(15)12-18/h4-7,12-13H,1-3,8-11,14H2,(H2,24,29,30). The Morgan fingerprint density at radius 3 is 2.50 bits per heavy atom. The number of fused-ring (bicyclic) bond motifs is 2. The van der Waals surface area contributed by atoms with Gasteiger partial charge in [-0.05, 0) is 66.6 Å². The molecule has 4 rings (SSSR count). The summed E-state index contributed by atoms with van der Waals surface area (Å²) in [5, 5.41) is 5.15. The maximum Gasteiger partial charge on any atom is 0.306 e. The van der Waals surface area contributed by atoms with Crippen molar-refractivity contribution in [1.29, 1.82) is 0 Å². The van der Waals surface area contributed by atoms with Crippen molar-refractivity contribution in [2.45, 2.75) is 43.4 Å². The fourth-order valence-electron chi connectivity index (χ4n) is 4.21. The van der Waals surface area contributed by atoms with Gasteiger partial charge >= 0.3 is 5.97 Å². The summed E-state index contributed by atoms with van der Waals surface area (Å²) in [6.07, 6.45) is 3.52. The molecule has 1 aliphatic heterocycles. The number of hydrogen-bond donors (Lipinski definition) is 1. The number of nitrogens with zero attached hydrogens (tertiary/aromatic N) is 1. The zero-order valence-electron chi connectivity index (χ0n) is 17.5. The lowest BCUT2D eigenvalue weighted by atomic mass is 10.0. The van der Waals surface area contributed by atoms with Crippen molar-refractivity contribution < 1.29 is 27.5 Å². The molecule has 0 saturated carbocycles. The fourth-order valence-corrected chi connectivity index (χ4v) is 4.78. The molecule has 0 saturated heterocycles. The maximum absolute atomic E-state index is 12.5. The van der Waals surface area contributed by atoms with Crippen molar-refractivity contribution in [2.75, 3.05) is 18.1 Å². The number of carbonyl (C=O) groups is 3. The van der Waals surface area contributed by atoms with Gasteiger partial charge in [-0.3, -0.25) is 14.4 Å². The number of ketones is 1. The molecular weight excluding hydrogens is 432 g/mol. The number of aryl methyl sites for hydroxylation is 2. The van der Waals surface area contributed by atoms with Gasteiger partial charge in [0.2, 0.25) is 10.0 Å². The average molecular weight is 457 g/mol. The summed E-state index contributed by atoms with van der Waals surface area (Å²) >= 11 is 0. The number of sulfonamides is 1. The Morgan fingerprint density at radius 1 is 0.938 bits per heavy atom. The predicted molar refractivity (Wildman–Crippen MR) is 117 cm³/mol. The lowest BCUT2D eigenvalue weighted by Crippen LogP contribution is -2.33. The topological polar surface area (TPSA) is 124 Å². The first-order chi connectivity index (χ1) is 15.2. The largest absolute Gasteiger partial charge is 0.456 e. The number of primary sulfonamides is 1. The molecule has 2 N–H and O–H groups in total. The molecule has 0 bridgehead atoms. The average Bonchev–Trinajstić information content (AvgIpc) is 3.40. The van der Waals surface area contributed by atoms with Crippen LogP contribution >= 0.6 is 0 Å². The molecule has 1 aliphatic carbocycles. The van der Waals surface area contributed by atoms with E-state index >= 15 is 0 Å². The maximum atomic E-state index is 12.5. The van der Waals surface area contributed by atoms with Crippen LogP contribution in [0.25, 0.3) is 0 Å². The number of carbonyl (C=O) groups excluding carboxylic acids is 3. The van der Waals surface area contributed by atoms with Gasteiger partial charge in [0.1, 0.15) is 0 Å². The first-order valence-electron chi connectivity index (χ1n) is 10.5. The Labute approximate surface area is 186 Å². The van der Waals surface area contributed by atoms with Crippen LogP contribution in [-0.4, -0.2) is 39.2 Å². The number of amides is 1. The van der Waals surface area contributed by atoms with E-state index in [1.165, 1.54) is 34.2 Å². The van der Waals surface area contributed by atoms with Crippen LogP contribution in [0.15, 0.2) is 41.3 Å². The summed E-state index contributed by atoms with van der Waals surface area (Å²) in [5.41, 5.74) is 4.35. The third-order valence-corrected chi connectivity index (χ3v) is 6.82. The quantitative estimate of drug-likeness (QED) is 0.501. The van der Waals surface area contributed by atoms with Crippen LogP contribution in [0.1, 0.15) is 46.3 Å². The molecule has 0 unspecified atom stereocenters. The minimum absolute atomic E-state index is 0.00925. The van der Waals surface area contributed by atoms with Crippen molar-refractivity contribution in [1.82, 2.24) is 0 Å². The lowest BCUT2D eigenvalue weighted by molar-refractivity contribution is -0.147. The molecule has 0 radical (unpaired) electrons. The monoisotopic (exact) mass is 456 g/mol. The number of anilines is 1. The van der Waals surface area contributed by atoms with E-state index in [2.05, 4.69) is 0 Å². The molecule has 0 atom stereocenters. The third kappa shape index (κ3) is 4.73. The molecule has 0 spiro atoms. The summed E-state index contributed by atoms with van der Waals surface area (Å²) in [4.78, 5) is 38.4.